The summed E-state index contributed by atoms with van der Waals surface area (Å²) < 4.78 is 5.05. The second-order valence-electron chi connectivity index (χ2n) is 5.92. The number of amides is 4. The molecule has 1 heterocycles. The molecule has 1 saturated heterocycles. The Morgan fingerprint density at radius 2 is 1.95 bits per heavy atom. The van der Waals surface area contributed by atoms with E-state index in [1.54, 1.807) is 20.8 Å². The van der Waals surface area contributed by atoms with Crippen molar-refractivity contribution in [3.8, 4) is 0 Å². The maximum Gasteiger partial charge on any atom is 0.408 e. The summed E-state index contributed by atoms with van der Waals surface area (Å²) in [4.78, 5) is 47.8. The molecule has 1 aliphatic heterocycles. The Labute approximate surface area is 123 Å². The fourth-order valence-electron chi connectivity index (χ4n) is 1.78. The Hall–Kier alpha value is -2.12. The first-order valence-electron chi connectivity index (χ1n) is 6.65. The van der Waals surface area contributed by atoms with Gasteiger partial charge in [-0.15, -0.1) is 0 Å². The summed E-state index contributed by atoms with van der Waals surface area (Å²) in [6, 6.07) is -1.67. The van der Waals surface area contributed by atoms with Gasteiger partial charge in [0.2, 0.25) is 17.7 Å². The van der Waals surface area contributed by atoms with Crippen LogP contribution >= 0.6 is 0 Å². The standard InChI is InChI=1S/C13H21N3O5/c1-7(14-12(20)21-13(3,4)5)11(19)16-6-9(17)15-10(18)8(16)2/h7-8H,6H2,1-5H3,(H,14,20)(H,15,17,18). The van der Waals surface area contributed by atoms with E-state index in [4.69, 9.17) is 4.74 Å². The van der Waals surface area contributed by atoms with Gasteiger partial charge in [0.05, 0.1) is 0 Å². The van der Waals surface area contributed by atoms with Crippen LogP contribution in [0.5, 0.6) is 0 Å². The van der Waals surface area contributed by atoms with Gasteiger partial charge in [-0.2, -0.15) is 0 Å². The summed E-state index contributed by atoms with van der Waals surface area (Å²) in [7, 11) is 0. The van der Waals surface area contributed by atoms with Gasteiger partial charge in [-0.3, -0.25) is 19.7 Å². The van der Waals surface area contributed by atoms with Gasteiger partial charge in [-0.25, -0.2) is 4.79 Å². The highest BCUT2D eigenvalue weighted by atomic mass is 16.6. The topological polar surface area (TPSA) is 105 Å². The molecule has 4 amide bonds. The SMILES string of the molecule is CC(NC(=O)OC(C)(C)C)C(=O)N1CC(=O)NC(=O)C1C. The van der Waals surface area contributed by atoms with Gasteiger partial charge in [0, 0.05) is 0 Å². The molecule has 0 spiro atoms. The van der Waals surface area contributed by atoms with Crippen LogP contribution in [0, 0.1) is 0 Å². The van der Waals surface area contributed by atoms with E-state index < -0.39 is 41.5 Å². The van der Waals surface area contributed by atoms with E-state index in [-0.39, 0.29) is 6.54 Å². The second kappa shape index (κ2) is 6.11. The third-order valence-electron chi connectivity index (χ3n) is 2.81. The molecule has 0 aromatic rings. The first-order valence-corrected chi connectivity index (χ1v) is 6.65. The molecule has 8 nitrogen and oxygen atoms in total. The highest BCUT2D eigenvalue weighted by Gasteiger charge is 2.36. The van der Waals surface area contributed by atoms with Crippen molar-refractivity contribution >= 4 is 23.8 Å². The molecule has 0 aromatic carbocycles. The van der Waals surface area contributed by atoms with Crippen molar-refractivity contribution in [1.82, 2.24) is 15.5 Å². The molecule has 2 N–H and O–H groups in total. The van der Waals surface area contributed by atoms with E-state index in [2.05, 4.69) is 10.6 Å². The fourth-order valence-corrected chi connectivity index (χ4v) is 1.78. The van der Waals surface area contributed by atoms with Gasteiger partial charge in [-0.05, 0) is 34.6 Å². The van der Waals surface area contributed by atoms with Gasteiger partial charge in [-0.1, -0.05) is 0 Å². The predicted octanol–water partition coefficient (Wildman–Crippen LogP) is -0.227. The number of hydrogen-bond acceptors (Lipinski definition) is 5. The minimum atomic E-state index is -0.902. The Kier molecular flexibility index (Phi) is 4.93. The lowest BCUT2D eigenvalue weighted by Crippen LogP contribution is -2.61. The Balaban J connectivity index is 2.67. The first-order chi connectivity index (χ1) is 9.51. The lowest BCUT2D eigenvalue weighted by Gasteiger charge is -2.33. The summed E-state index contributed by atoms with van der Waals surface area (Å²) in [6.45, 7) is 7.88. The number of nitrogens with zero attached hydrogens (tertiary/aromatic N) is 1. The Morgan fingerprint density at radius 1 is 1.38 bits per heavy atom. The van der Waals surface area contributed by atoms with Crippen molar-refractivity contribution in [2.75, 3.05) is 6.54 Å². The van der Waals surface area contributed by atoms with Crippen molar-refractivity contribution in [3.63, 3.8) is 0 Å². The number of carbonyl (C=O) groups is 4. The molecule has 1 rings (SSSR count). The average Bonchev–Trinajstić information content (AvgIpc) is 2.30. The molecule has 21 heavy (non-hydrogen) atoms. The van der Waals surface area contributed by atoms with Crippen LogP contribution < -0.4 is 10.6 Å². The van der Waals surface area contributed by atoms with Crippen LogP contribution in [0.15, 0.2) is 0 Å². The van der Waals surface area contributed by atoms with E-state index in [0.29, 0.717) is 0 Å². The number of alkyl carbamates (subject to hydrolysis) is 1. The van der Waals surface area contributed by atoms with Gasteiger partial charge in [0.1, 0.15) is 24.2 Å². The fraction of sp³-hybridized carbons (Fsp3) is 0.692. The lowest BCUT2D eigenvalue weighted by molar-refractivity contribution is -0.150. The van der Waals surface area contributed by atoms with Crippen molar-refractivity contribution in [3.05, 3.63) is 0 Å². The minimum absolute atomic E-state index is 0.216. The summed E-state index contributed by atoms with van der Waals surface area (Å²) >= 11 is 0. The highest BCUT2D eigenvalue weighted by Crippen LogP contribution is 2.09. The number of imide groups is 1. The van der Waals surface area contributed by atoms with Gasteiger partial charge in [0.15, 0.2) is 0 Å². The maximum absolute atomic E-state index is 12.2. The Morgan fingerprint density at radius 3 is 2.48 bits per heavy atom. The van der Waals surface area contributed by atoms with Crippen LogP contribution in [-0.4, -0.2) is 52.9 Å². The van der Waals surface area contributed by atoms with E-state index in [9.17, 15) is 19.2 Å². The lowest BCUT2D eigenvalue weighted by atomic mass is 10.1. The van der Waals surface area contributed by atoms with E-state index in [1.807, 2.05) is 0 Å². The molecule has 0 aliphatic carbocycles. The first kappa shape index (κ1) is 16.9. The normalized spacial score (nSPS) is 20.6. The molecular weight excluding hydrogens is 278 g/mol. The molecule has 1 aliphatic rings. The van der Waals surface area contributed by atoms with Gasteiger partial charge < -0.3 is 15.0 Å². The zero-order valence-corrected chi connectivity index (χ0v) is 12.9. The van der Waals surface area contributed by atoms with Crippen LogP contribution in [0.25, 0.3) is 0 Å². The summed E-state index contributed by atoms with van der Waals surface area (Å²) in [6.07, 6.45) is -0.733. The number of rotatable bonds is 2. The zero-order chi connectivity index (χ0) is 16.4. The number of hydrogen-bond donors (Lipinski definition) is 2. The van der Waals surface area contributed by atoms with Crippen LogP contribution in [-0.2, 0) is 19.1 Å². The van der Waals surface area contributed by atoms with Crippen LogP contribution in [0.2, 0.25) is 0 Å². The molecule has 0 bridgehead atoms. The third-order valence-corrected chi connectivity index (χ3v) is 2.81. The van der Waals surface area contributed by atoms with Crippen molar-refractivity contribution in [1.29, 1.82) is 0 Å². The molecule has 0 radical (unpaired) electrons. The second-order valence-corrected chi connectivity index (χ2v) is 5.92. The number of carbonyl (C=O) groups excluding carboxylic acids is 4. The Bertz CT molecular complexity index is 469. The monoisotopic (exact) mass is 299 g/mol. The minimum Gasteiger partial charge on any atom is -0.444 e. The average molecular weight is 299 g/mol. The number of nitrogens with one attached hydrogen (secondary N) is 2. The predicted molar refractivity (Wildman–Crippen MR) is 73.2 cm³/mol. The van der Waals surface area contributed by atoms with Crippen LogP contribution in [0.4, 0.5) is 4.79 Å². The molecule has 2 unspecified atom stereocenters. The van der Waals surface area contributed by atoms with E-state index in [0.717, 1.165) is 4.90 Å². The number of piperazine rings is 1. The van der Waals surface area contributed by atoms with Crippen molar-refractivity contribution in [2.24, 2.45) is 0 Å². The summed E-state index contributed by atoms with van der Waals surface area (Å²) in [5, 5.41) is 4.53. The molecule has 8 heteroatoms. The molecule has 1 fully saturated rings. The molecular formula is C13H21N3O5. The number of ether oxygens (including phenoxy) is 1. The van der Waals surface area contributed by atoms with Crippen LogP contribution in [0.3, 0.4) is 0 Å². The molecule has 0 saturated carbocycles. The summed E-state index contributed by atoms with van der Waals surface area (Å²) in [5.41, 5.74) is -0.679. The summed E-state index contributed by atoms with van der Waals surface area (Å²) in [5.74, 6) is -1.60. The van der Waals surface area contributed by atoms with E-state index in [1.165, 1.54) is 13.8 Å². The molecule has 118 valence electrons. The van der Waals surface area contributed by atoms with Gasteiger partial charge >= 0.3 is 6.09 Å². The molecule has 0 aromatic heterocycles. The van der Waals surface area contributed by atoms with Crippen molar-refractivity contribution < 1.29 is 23.9 Å². The highest BCUT2D eigenvalue weighted by molar-refractivity contribution is 6.04. The quantitative estimate of drug-likeness (QED) is 0.685. The van der Waals surface area contributed by atoms with Gasteiger partial charge in [0.25, 0.3) is 0 Å². The molecule has 2 atom stereocenters. The largest absolute Gasteiger partial charge is 0.444 e. The maximum atomic E-state index is 12.2. The zero-order valence-electron chi connectivity index (χ0n) is 12.9. The third kappa shape index (κ3) is 4.73. The van der Waals surface area contributed by atoms with Crippen LogP contribution in [0.1, 0.15) is 34.6 Å². The smallest absolute Gasteiger partial charge is 0.408 e. The van der Waals surface area contributed by atoms with Crippen molar-refractivity contribution in [2.45, 2.75) is 52.3 Å². The van der Waals surface area contributed by atoms with E-state index >= 15 is 0 Å².